The van der Waals surface area contributed by atoms with Crippen LogP contribution in [-0.2, 0) is 28.9 Å². The van der Waals surface area contributed by atoms with Gasteiger partial charge in [-0.15, -0.1) is 11.3 Å². The molecule has 4 rings (SSSR count). The molecular weight excluding hydrogens is 356 g/mol. The van der Waals surface area contributed by atoms with Gasteiger partial charge in [0.15, 0.2) is 5.16 Å². The number of carbonyl (C=O) groups excluding carboxylic acids is 1. The maximum absolute atomic E-state index is 13.2. The standard InChI is InChI=1S/C18H22N2O3S2/c1-23-10-9-20-17(22)15-11-5-4-8-13(11)24-16(15)19-18(20)25-14-7-3-2-6-12(14)21/h14H,2-10H2,1H3/t14-/m0/s1. The zero-order valence-electron chi connectivity index (χ0n) is 14.4. The Morgan fingerprint density at radius 2 is 2.12 bits per heavy atom. The smallest absolute Gasteiger partial charge is 0.263 e. The van der Waals surface area contributed by atoms with Crippen LogP contribution in [0.5, 0.6) is 0 Å². The summed E-state index contributed by atoms with van der Waals surface area (Å²) in [6.45, 7) is 0.942. The molecule has 0 aromatic carbocycles. The SMILES string of the molecule is COCCn1c(S[C@H]2CCCCC2=O)nc2sc3c(c2c1=O)CCC3. The summed E-state index contributed by atoms with van der Waals surface area (Å²) >= 11 is 3.13. The molecule has 2 aliphatic rings. The largest absolute Gasteiger partial charge is 0.383 e. The Morgan fingerprint density at radius 3 is 2.92 bits per heavy atom. The summed E-state index contributed by atoms with van der Waals surface area (Å²) in [6, 6.07) is 0. The lowest BCUT2D eigenvalue weighted by atomic mass is 9.99. The number of thioether (sulfide) groups is 1. The molecule has 2 aromatic rings. The number of aromatic nitrogens is 2. The summed E-state index contributed by atoms with van der Waals surface area (Å²) in [5.41, 5.74) is 1.24. The molecule has 0 N–H and O–H groups in total. The van der Waals surface area contributed by atoms with Gasteiger partial charge in [-0.05, 0) is 37.7 Å². The van der Waals surface area contributed by atoms with Gasteiger partial charge in [-0.1, -0.05) is 18.2 Å². The molecule has 25 heavy (non-hydrogen) atoms. The zero-order valence-corrected chi connectivity index (χ0v) is 16.0. The third-order valence-corrected chi connectivity index (χ3v) is 7.55. The van der Waals surface area contributed by atoms with Gasteiger partial charge in [0.25, 0.3) is 5.56 Å². The number of methoxy groups -OCH3 is 1. The molecule has 2 aliphatic carbocycles. The predicted molar refractivity (Wildman–Crippen MR) is 101 cm³/mol. The highest BCUT2D eigenvalue weighted by atomic mass is 32.2. The Kier molecular flexibility index (Phi) is 4.97. The zero-order chi connectivity index (χ0) is 17.4. The van der Waals surface area contributed by atoms with Crippen LogP contribution in [-0.4, -0.2) is 34.3 Å². The Morgan fingerprint density at radius 1 is 1.24 bits per heavy atom. The van der Waals surface area contributed by atoms with E-state index in [9.17, 15) is 9.59 Å². The topological polar surface area (TPSA) is 61.2 Å². The molecule has 0 bridgehead atoms. The van der Waals surface area contributed by atoms with Crippen LogP contribution in [0.3, 0.4) is 0 Å². The second-order valence-electron chi connectivity index (χ2n) is 6.70. The minimum atomic E-state index is -0.0706. The summed E-state index contributed by atoms with van der Waals surface area (Å²) < 4.78 is 6.92. The van der Waals surface area contributed by atoms with E-state index in [1.54, 1.807) is 23.0 Å². The van der Waals surface area contributed by atoms with E-state index < -0.39 is 0 Å². The number of ether oxygens (including phenoxy) is 1. The fourth-order valence-electron chi connectivity index (χ4n) is 3.73. The number of fused-ring (bicyclic) bond motifs is 3. The van der Waals surface area contributed by atoms with Crippen LogP contribution in [0.2, 0.25) is 0 Å². The van der Waals surface area contributed by atoms with Gasteiger partial charge in [0.05, 0.1) is 23.8 Å². The minimum Gasteiger partial charge on any atom is -0.383 e. The van der Waals surface area contributed by atoms with Crippen molar-refractivity contribution in [3.05, 3.63) is 20.8 Å². The van der Waals surface area contributed by atoms with E-state index in [4.69, 9.17) is 9.72 Å². The van der Waals surface area contributed by atoms with E-state index in [1.807, 2.05) is 0 Å². The van der Waals surface area contributed by atoms with Gasteiger partial charge >= 0.3 is 0 Å². The first-order chi connectivity index (χ1) is 12.2. The van der Waals surface area contributed by atoms with Gasteiger partial charge in [0, 0.05) is 18.4 Å². The van der Waals surface area contributed by atoms with Crippen molar-refractivity contribution < 1.29 is 9.53 Å². The average Bonchev–Trinajstić information content (AvgIpc) is 3.17. The maximum atomic E-state index is 13.2. The number of hydrogen-bond donors (Lipinski definition) is 0. The van der Waals surface area contributed by atoms with E-state index in [2.05, 4.69) is 0 Å². The third-order valence-electron chi connectivity index (χ3n) is 5.06. The molecule has 2 aromatic heterocycles. The van der Waals surface area contributed by atoms with Crippen LogP contribution >= 0.6 is 23.1 Å². The molecule has 2 heterocycles. The van der Waals surface area contributed by atoms with Crippen LogP contribution in [0.4, 0.5) is 0 Å². The highest BCUT2D eigenvalue weighted by molar-refractivity contribution is 8.00. The lowest BCUT2D eigenvalue weighted by Crippen LogP contribution is -2.28. The molecule has 7 heteroatoms. The van der Waals surface area contributed by atoms with Crippen LogP contribution in [0.1, 0.15) is 42.5 Å². The quantitative estimate of drug-likeness (QED) is 0.748. The van der Waals surface area contributed by atoms with Gasteiger partial charge in [0.2, 0.25) is 0 Å². The van der Waals surface area contributed by atoms with E-state index in [0.29, 0.717) is 24.7 Å². The van der Waals surface area contributed by atoms with Gasteiger partial charge in [0.1, 0.15) is 10.6 Å². The first-order valence-corrected chi connectivity index (χ1v) is 10.6. The molecule has 0 saturated heterocycles. The van der Waals surface area contributed by atoms with E-state index >= 15 is 0 Å². The van der Waals surface area contributed by atoms with Crippen LogP contribution in [0.25, 0.3) is 10.2 Å². The van der Waals surface area contributed by atoms with Crippen LogP contribution in [0.15, 0.2) is 9.95 Å². The van der Waals surface area contributed by atoms with Crippen molar-refractivity contribution in [2.24, 2.45) is 0 Å². The monoisotopic (exact) mass is 378 g/mol. The fraction of sp³-hybridized carbons (Fsp3) is 0.611. The predicted octanol–water partition coefficient (Wildman–Crippen LogP) is 3.20. The first-order valence-electron chi connectivity index (χ1n) is 8.92. The van der Waals surface area contributed by atoms with Crippen LogP contribution < -0.4 is 5.56 Å². The number of carbonyl (C=O) groups is 1. The highest BCUT2D eigenvalue weighted by Crippen LogP contribution is 2.37. The van der Waals surface area contributed by atoms with E-state index in [0.717, 1.165) is 48.7 Å². The Labute approximate surface area is 154 Å². The number of ketones is 1. The first kappa shape index (κ1) is 17.2. The van der Waals surface area contributed by atoms with Gasteiger partial charge < -0.3 is 4.74 Å². The summed E-state index contributed by atoms with van der Waals surface area (Å²) in [4.78, 5) is 32.4. The van der Waals surface area contributed by atoms with Crippen LogP contribution in [0, 0.1) is 0 Å². The molecule has 0 spiro atoms. The summed E-state index contributed by atoms with van der Waals surface area (Å²) in [7, 11) is 1.64. The van der Waals surface area contributed by atoms with E-state index in [1.165, 1.54) is 22.2 Å². The van der Waals surface area contributed by atoms with Gasteiger partial charge in [-0.3, -0.25) is 14.2 Å². The maximum Gasteiger partial charge on any atom is 0.263 e. The van der Waals surface area contributed by atoms with Crippen molar-refractivity contribution in [2.45, 2.75) is 61.9 Å². The van der Waals surface area contributed by atoms with Crippen molar-refractivity contribution >= 4 is 39.1 Å². The number of thiophene rings is 1. The number of aryl methyl sites for hydroxylation is 2. The lowest BCUT2D eigenvalue weighted by molar-refractivity contribution is -0.119. The van der Waals surface area contributed by atoms with Crippen molar-refractivity contribution in [1.29, 1.82) is 0 Å². The third kappa shape index (κ3) is 3.17. The Bertz CT molecular complexity index is 871. The van der Waals surface area contributed by atoms with Crippen molar-refractivity contribution in [2.75, 3.05) is 13.7 Å². The Hall–Kier alpha value is -1.18. The fourth-order valence-corrected chi connectivity index (χ4v) is 6.27. The number of hydrogen-bond acceptors (Lipinski definition) is 6. The molecule has 134 valence electrons. The normalized spacial score (nSPS) is 20.4. The average molecular weight is 379 g/mol. The minimum absolute atomic E-state index is 0.0345. The second-order valence-corrected chi connectivity index (χ2v) is 8.95. The molecular formula is C18H22N2O3S2. The summed E-state index contributed by atoms with van der Waals surface area (Å²) in [5.74, 6) is 0.289. The molecule has 1 fully saturated rings. The molecule has 0 unspecified atom stereocenters. The van der Waals surface area contributed by atoms with E-state index in [-0.39, 0.29) is 16.6 Å². The number of nitrogens with zero attached hydrogens (tertiary/aromatic N) is 2. The molecule has 1 atom stereocenters. The van der Waals surface area contributed by atoms with Crippen molar-refractivity contribution in [1.82, 2.24) is 9.55 Å². The summed E-state index contributed by atoms with van der Waals surface area (Å²) in [5, 5.41) is 1.40. The lowest BCUT2D eigenvalue weighted by Gasteiger charge is -2.21. The highest BCUT2D eigenvalue weighted by Gasteiger charge is 2.27. The van der Waals surface area contributed by atoms with Gasteiger partial charge in [-0.25, -0.2) is 4.98 Å². The Balaban J connectivity index is 1.78. The van der Waals surface area contributed by atoms with Gasteiger partial charge in [-0.2, -0.15) is 0 Å². The molecule has 5 nitrogen and oxygen atoms in total. The number of rotatable bonds is 5. The number of Topliss-reactive ketones (excluding diaryl/α,β-unsaturated/α-hetero) is 1. The summed E-state index contributed by atoms with van der Waals surface area (Å²) in [6.07, 6.45) is 6.74. The molecule has 0 radical (unpaired) electrons. The molecule has 0 aliphatic heterocycles. The molecule has 0 amide bonds. The van der Waals surface area contributed by atoms with Crippen molar-refractivity contribution in [3.63, 3.8) is 0 Å². The van der Waals surface area contributed by atoms with Crippen molar-refractivity contribution in [3.8, 4) is 0 Å². The second kappa shape index (κ2) is 7.21. The molecule has 1 saturated carbocycles.